The van der Waals surface area contributed by atoms with Gasteiger partial charge in [0.2, 0.25) is 0 Å². The first-order valence-corrected chi connectivity index (χ1v) is 8.35. The van der Waals surface area contributed by atoms with E-state index in [1.807, 2.05) is 12.1 Å². The fourth-order valence-corrected chi connectivity index (χ4v) is 3.04. The highest BCUT2D eigenvalue weighted by molar-refractivity contribution is 6.30. The first-order valence-electron chi connectivity index (χ1n) is 7.97. The zero-order valence-electron chi connectivity index (χ0n) is 13.7. The second kappa shape index (κ2) is 7.35. The van der Waals surface area contributed by atoms with Crippen molar-refractivity contribution in [2.75, 3.05) is 38.7 Å². The van der Waals surface area contributed by atoms with E-state index in [4.69, 9.17) is 16.3 Å². The number of hydrogen-bond acceptors (Lipinski definition) is 3. The Morgan fingerprint density at radius 1 is 1.17 bits per heavy atom. The molecule has 2 aromatic rings. The van der Waals surface area contributed by atoms with Crippen LogP contribution in [0.3, 0.4) is 0 Å². The van der Waals surface area contributed by atoms with Crippen LogP contribution < -0.4 is 4.90 Å². The lowest BCUT2D eigenvalue weighted by atomic mass is 10.1. The third-order valence-electron chi connectivity index (χ3n) is 4.23. The molecule has 1 aliphatic heterocycles. The molecule has 1 saturated heterocycles. The Kier molecular flexibility index (Phi) is 5.21. The maximum Gasteiger partial charge on any atom is 0.0952 e. The molecule has 1 atom stereocenters. The smallest absolute Gasteiger partial charge is 0.0952 e. The highest BCUT2D eigenvalue weighted by Gasteiger charge is 2.22. The van der Waals surface area contributed by atoms with Gasteiger partial charge in [-0.25, -0.2) is 0 Å². The van der Waals surface area contributed by atoms with Crippen molar-refractivity contribution in [2.24, 2.45) is 0 Å². The van der Waals surface area contributed by atoms with Crippen molar-refractivity contribution in [2.45, 2.75) is 12.6 Å². The highest BCUT2D eigenvalue weighted by atomic mass is 35.5. The maximum atomic E-state index is 5.97. The van der Waals surface area contributed by atoms with Crippen LogP contribution in [0.5, 0.6) is 0 Å². The van der Waals surface area contributed by atoms with Crippen molar-refractivity contribution in [1.29, 1.82) is 0 Å². The summed E-state index contributed by atoms with van der Waals surface area (Å²) in [4.78, 5) is 4.59. The van der Waals surface area contributed by atoms with Gasteiger partial charge in [0.15, 0.2) is 0 Å². The summed E-state index contributed by atoms with van der Waals surface area (Å²) in [6.45, 7) is 3.60. The summed E-state index contributed by atoms with van der Waals surface area (Å²) in [5.74, 6) is 0. The van der Waals surface area contributed by atoms with E-state index in [0.717, 1.165) is 31.3 Å². The van der Waals surface area contributed by atoms with Crippen LogP contribution in [-0.2, 0) is 11.3 Å². The fourth-order valence-electron chi connectivity index (χ4n) is 2.92. The fraction of sp³-hybridized carbons (Fsp3) is 0.368. The van der Waals surface area contributed by atoms with E-state index < -0.39 is 0 Å². The molecule has 122 valence electrons. The largest absolute Gasteiger partial charge is 0.378 e. The van der Waals surface area contributed by atoms with Gasteiger partial charge in [-0.2, -0.15) is 0 Å². The second-order valence-electron chi connectivity index (χ2n) is 6.21. The summed E-state index contributed by atoms with van der Waals surface area (Å²) >= 11 is 5.97. The van der Waals surface area contributed by atoms with Gasteiger partial charge in [0.05, 0.1) is 12.7 Å². The number of benzene rings is 2. The number of anilines is 1. The van der Waals surface area contributed by atoms with E-state index in [0.29, 0.717) is 0 Å². The minimum absolute atomic E-state index is 0.123. The van der Waals surface area contributed by atoms with E-state index in [1.54, 1.807) is 0 Å². The van der Waals surface area contributed by atoms with E-state index in [-0.39, 0.29) is 6.10 Å². The minimum atomic E-state index is 0.123. The molecular weight excluding hydrogens is 308 g/mol. The molecular formula is C19H23ClN2O. The molecule has 0 spiro atoms. The molecule has 0 aromatic heterocycles. The lowest BCUT2D eigenvalue weighted by Crippen LogP contribution is -2.37. The van der Waals surface area contributed by atoms with E-state index >= 15 is 0 Å². The van der Waals surface area contributed by atoms with Crippen LogP contribution in [-0.4, -0.2) is 38.7 Å². The molecule has 0 aliphatic carbocycles. The molecule has 0 radical (unpaired) electrons. The predicted molar refractivity (Wildman–Crippen MR) is 96.2 cm³/mol. The number of ether oxygens (including phenoxy) is 1. The SMILES string of the molecule is CN(C)c1cccc(CN2CCOC(c3ccc(Cl)cc3)C2)c1. The van der Waals surface area contributed by atoms with Gasteiger partial charge in [-0.1, -0.05) is 35.9 Å². The van der Waals surface area contributed by atoms with Crippen LogP contribution in [0.4, 0.5) is 5.69 Å². The van der Waals surface area contributed by atoms with Gasteiger partial charge in [-0.05, 0) is 35.4 Å². The summed E-state index contributed by atoms with van der Waals surface area (Å²) in [5, 5.41) is 0.766. The Morgan fingerprint density at radius 2 is 1.96 bits per heavy atom. The summed E-state index contributed by atoms with van der Waals surface area (Å²) in [5.41, 5.74) is 3.78. The Labute approximate surface area is 143 Å². The van der Waals surface area contributed by atoms with Gasteiger partial charge < -0.3 is 9.64 Å². The molecule has 3 nitrogen and oxygen atoms in total. The van der Waals surface area contributed by atoms with Crippen LogP contribution in [0, 0.1) is 0 Å². The Morgan fingerprint density at radius 3 is 2.70 bits per heavy atom. The minimum Gasteiger partial charge on any atom is -0.378 e. The Hall–Kier alpha value is -1.55. The van der Waals surface area contributed by atoms with Crippen molar-refractivity contribution >= 4 is 17.3 Å². The third kappa shape index (κ3) is 4.25. The van der Waals surface area contributed by atoms with Gasteiger partial charge in [-0.15, -0.1) is 0 Å². The van der Waals surface area contributed by atoms with Gasteiger partial charge >= 0.3 is 0 Å². The van der Waals surface area contributed by atoms with Crippen LogP contribution in [0.1, 0.15) is 17.2 Å². The number of rotatable bonds is 4. The van der Waals surface area contributed by atoms with Gasteiger partial charge in [-0.3, -0.25) is 4.90 Å². The first-order chi connectivity index (χ1) is 11.1. The third-order valence-corrected chi connectivity index (χ3v) is 4.48. The average Bonchev–Trinajstić information content (AvgIpc) is 2.56. The highest BCUT2D eigenvalue weighted by Crippen LogP contribution is 2.25. The zero-order valence-corrected chi connectivity index (χ0v) is 14.5. The van der Waals surface area contributed by atoms with Crippen molar-refractivity contribution in [3.63, 3.8) is 0 Å². The molecule has 23 heavy (non-hydrogen) atoms. The zero-order chi connectivity index (χ0) is 16.2. The average molecular weight is 331 g/mol. The number of nitrogens with zero attached hydrogens (tertiary/aromatic N) is 2. The quantitative estimate of drug-likeness (QED) is 0.843. The second-order valence-corrected chi connectivity index (χ2v) is 6.65. The maximum absolute atomic E-state index is 5.97. The van der Waals surface area contributed by atoms with Crippen LogP contribution >= 0.6 is 11.6 Å². The van der Waals surface area contributed by atoms with Crippen molar-refractivity contribution < 1.29 is 4.74 Å². The Bertz CT molecular complexity index is 642. The monoisotopic (exact) mass is 330 g/mol. The van der Waals surface area contributed by atoms with Crippen molar-refractivity contribution in [3.05, 3.63) is 64.7 Å². The standard InChI is InChI=1S/C19H23ClN2O/c1-21(2)18-5-3-4-15(12-18)13-22-10-11-23-19(14-22)16-6-8-17(20)9-7-16/h3-9,12,19H,10-11,13-14H2,1-2H3. The van der Waals surface area contributed by atoms with Crippen LogP contribution in [0.15, 0.2) is 48.5 Å². The molecule has 1 heterocycles. The lowest BCUT2D eigenvalue weighted by Gasteiger charge is -2.33. The molecule has 0 amide bonds. The molecule has 2 aromatic carbocycles. The molecule has 0 bridgehead atoms. The van der Waals surface area contributed by atoms with Gasteiger partial charge in [0, 0.05) is 44.4 Å². The molecule has 3 rings (SSSR count). The molecule has 0 N–H and O–H groups in total. The summed E-state index contributed by atoms with van der Waals surface area (Å²) in [7, 11) is 4.15. The molecule has 0 saturated carbocycles. The van der Waals surface area contributed by atoms with E-state index in [9.17, 15) is 0 Å². The summed E-state index contributed by atoms with van der Waals surface area (Å²) in [6.07, 6.45) is 0.123. The number of morpholine rings is 1. The topological polar surface area (TPSA) is 15.7 Å². The summed E-state index contributed by atoms with van der Waals surface area (Å²) < 4.78 is 5.94. The van der Waals surface area contributed by atoms with Gasteiger partial charge in [0.1, 0.15) is 0 Å². The summed E-state index contributed by atoms with van der Waals surface area (Å²) in [6, 6.07) is 16.7. The van der Waals surface area contributed by atoms with Crippen molar-refractivity contribution in [1.82, 2.24) is 4.90 Å². The van der Waals surface area contributed by atoms with Crippen LogP contribution in [0.2, 0.25) is 5.02 Å². The van der Waals surface area contributed by atoms with E-state index in [2.05, 4.69) is 60.3 Å². The van der Waals surface area contributed by atoms with Gasteiger partial charge in [0.25, 0.3) is 0 Å². The molecule has 1 aliphatic rings. The lowest BCUT2D eigenvalue weighted by molar-refractivity contribution is -0.0329. The number of halogens is 1. The Balaban J connectivity index is 1.67. The van der Waals surface area contributed by atoms with Crippen molar-refractivity contribution in [3.8, 4) is 0 Å². The normalized spacial score (nSPS) is 18.8. The first kappa shape index (κ1) is 16.3. The molecule has 1 unspecified atom stereocenters. The van der Waals surface area contributed by atoms with Crippen LogP contribution in [0.25, 0.3) is 0 Å². The number of hydrogen-bond donors (Lipinski definition) is 0. The predicted octanol–water partition coefficient (Wildman–Crippen LogP) is 3.98. The molecule has 4 heteroatoms. The van der Waals surface area contributed by atoms with E-state index in [1.165, 1.54) is 16.8 Å². The molecule has 1 fully saturated rings.